The van der Waals surface area contributed by atoms with E-state index in [2.05, 4.69) is 19.2 Å². The Balaban J connectivity index is 2.03. The van der Waals surface area contributed by atoms with Crippen molar-refractivity contribution in [2.45, 2.75) is 51.7 Å². The van der Waals surface area contributed by atoms with Crippen molar-refractivity contribution in [1.29, 1.82) is 0 Å². The summed E-state index contributed by atoms with van der Waals surface area (Å²) < 4.78 is 5.65. The minimum absolute atomic E-state index is 0.0119. The molecule has 17 heavy (non-hydrogen) atoms. The summed E-state index contributed by atoms with van der Waals surface area (Å²) in [6, 6.07) is 0. The second kappa shape index (κ2) is 4.25. The largest absolute Gasteiger partial charge is 0.394 e. The Morgan fingerprint density at radius 3 is 2.53 bits per heavy atom. The minimum Gasteiger partial charge on any atom is -0.394 e. The SMILES string of the molecule is CCO[C@@H]1C[C@@](CO)(NC(=O)C2CC2)C1(C)C. The smallest absolute Gasteiger partial charge is 0.223 e. The lowest BCUT2D eigenvalue weighted by Crippen LogP contribution is -2.74. The minimum atomic E-state index is -0.494. The van der Waals surface area contributed by atoms with E-state index in [1.54, 1.807) is 0 Å². The molecule has 4 heteroatoms. The summed E-state index contributed by atoms with van der Waals surface area (Å²) in [6.45, 7) is 6.74. The van der Waals surface area contributed by atoms with E-state index in [0.717, 1.165) is 12.8 Å². The predicted octanol–water partition coefficient (Wildman–Crippen LogP) is 1.08. The van der Waals surface area contributed by atoms with Crippen LogP contribution in [0, 0.1) is 11.3 Å². The van der Waals surface area contributed by atoms with Gasteiger partial charge in [-0.25, -0.2) is 0 Å². The molecular formula is C13H23NO3. The van der Waals surface area contributed by atoms with Crippen molar-refractivity contribution in [3.63, 3.8) is 0 Å². The van der Waals surface area contributed by atoms with Gasteiger partial charge >= 0.3 is 0 Å². The lowest BCUT2D eigenvalue weighted by Gasteiger charge is -2.60. The molecule has 0 bridgehead atoms. The van der Waals surface area contributed by atoms with Crippen LogP contribution in [-0.4, -0.2) is 35.9 Å². The van der Waals surface area contributed by atoms with Crippen LogP contribution in [0.3, 0.4) is 0 Å². The maximum atomic E-state index is 11.9. The van der Waals surface area contributed by atoms with Crippen molar-refractivity contribution in [3.05, 3.63) is 0 Å². The zero-order valence-electron chi connectivity index (χ0n) is 11.0. The Hall–Kier alpha value is -0.610. The summed E-state index contributed by atoms with van der Waals surface area (Å²) >= 11 is 0. The van der Waals surface area contributed by atoms with Crippen LogP contribution in [0.15, 0.2) is 0 Å². The number of nitrogens with one attached hydrogen (secondary N) is 1. The summed E-state index contributed by atoms with van der Waals surface area (Å²) in [5, 5.41) is 12.7. The molecule has 0 radical (unpaired) electrons. The van der Waals surface area contributed by atoms with Crippen molar-refractivity contribution >= 4 is 5.91 Å². The van der Waals surface area contributed by atoms with Gasteiger partial charge in [0.2, 0.25) is 5.91 Å². The molecule has 2 saturated carbocycles. The molecule has 2 atom stereocenters. The van der Waals surface area contributed by atoms with Crippen LogP contribution in [0.2, 0.25) is 0 Å². The number of aliphatic hydroxyl groups excluding tert-OH is 1. The Bertz CT molecular complexity index is 312. The van der Waals surface area contributed by atoms with Gasteiger partial charge in [-0.2, -0.15) is 0 Å². The molecule has 0 aromatic rings. The molecule has 4 nitrogen and oxygen atoms in total. The van der Waals surface area contributed by atoms with E-state index in [4.69, 9.17) is 4.74 Å². The standard InChI is InChI=1S/C13H23NO3/c1-4-17-10-7-13(8-15,12(10,2)3)14-11(16)9-5-6-9/h9-10,15H,4-8H2,1-3H3,(H,14,16)/t10-,13+/m1/s1. The summed E-state index contributed by atoms with van der Waals surface area (Å²) in [7, 11) is 0. The molecule has 2 aliphatic rings. The first kappa shape index (κ1) is 12.8. The Labute approximate surface area is 103 Å². The van der Waals surface area contributed by atoms with Gasteiger partial charge in [-0.05, 0) is 19.8 Å². The van der Waals surface area contributed by atoms with Gasteiger partial charge in [0.05, 0.1) is 18.2 Å². The van der Waals surface area contributed by atoms with Gasteiger partial charge < -0.3 is 15.2 Å². The van der Waals surface area contributed by atoms with Crippen molar-refractivity contribution in [2.24, 2.45) is 11.3 Å². The van der Waals surface area contributed by atoms with Gasteiger partial charge in [-0.15, -0.1) is 0 Å². The first-order valence-corrected chi connectivity index (χ1v) is 6.51. The molecule has 0 spiro atoms. The summed E-state index contributed by atoms with van der Waals surface area (Å²) in [6.07, 6.45) is 2.81. The van der Waals surface area contributed by atoms with Gasteiger partial charge in [-0.1, -0.05) is 13.8 Å². The molecule has 0 aromatic carbocycles. The van der Waals surface area contributed by atoms with Crippen LogP contribution < -0.4 is 5.32 Å². The molecule has 2 rings (SSSR count). The Kier molecular flexibility index (Phi) is 3.21. The first-order valence-electron chi connectivity index (χ1n) is 6.51. The van der Waals surface area contributed by atoms with E-state index in [9.17, 15) is 9.90 Å². The maximum Gasteiger partial charge on any atom is 0.223 e. The second-order valence-electron chi connectivity index (χ2n) is 5.87. The number of hydrogen-bond acceptors (Lipinski definition) is 3. The Morgan fingerprint density at radius 1 is 1.47 bits per heavy atom. The molecule has 98 valence electrons. The third kappa shape index (κ3) is 1.97. The normalized spacial score (nSPS) is 35.2. The number of rotatable bonds is 5. The molecule has 0 saturated heterocycles. The van der Waals surface area contributed by atoms with E-state index in [1.807, 2.05) is 6.92 Å². The highest BCUT2D eigenvalue weighted by molar-refractivity contribution is 5.82. The highest BCUT2D eigenvalue weighted by Gasteiger charge is 2.61. The fourth-order valence-corrected chi connectivity index (χ4v) is 2.68. The summed E-state index contributed by atoms with van der Waals surface area (Å²) in [4.78, 5) is 11.9. The van der Waals surface area contributed by atoms with Crippen molar-refractivity contribution in [1.82, 2.24) is 5.32 Å². The van der Waals surface area contributed by atoms with Crippen LogP contribution in [0.25, 0.3) is 0 Å². The second-order valence-corrected chi connectivity index (χ2v) is 5.87. The van der Waals surface area contributed by atoms with E-state index in [-0.39, 0.29) is 30.0 Å². The van der Waals surface area contributed by atoms with Gasteiger partial charge in [0, 0.05) is 24.4 Å². The number of aliphatic hydroxyl groups is 1. The lowest BCUT2D eigenvalue weighted by atomic mass is 9.54. The zero-order chi connectivity index (χ0) is 12.7. The molecule has 2 N–H and O–H groups in total. The van der Waals surface area contributed by atoms with Gasteiger partial charge in [-0.3, -0.25) is 4.79 Å². The number of carbonyl (C=O) groups is 1. The highest BCUT2D eigenvalue weighted by atomic mass is 16.5. The molecule has 2 fully saturated rings. The molecular weight excluding hydrogens is 218 g/mol. The topological polar surface area (TPSA) is 58.6 Å². The number of amides is 1. The summed E-state index contributed by atoms with van der Waals surface area (Å²) in [5.41, 5.74) is -0.700. The van der Waals surface area contributed by atoms with E-state index in [1.165, 1.54) is 0 Å². The fraction of sp³-hybridized carbons (Fsp3) is 0.923. The van der Waals surface area contributed by atoms with Crippen molar-refractivity contribution < 1.29 is 14.6 Å². The fourth-order valence-electron chi connectivity index (χ4n) is 2.68. The van der Waals surface area contributed by atoms with Gasteiger partial charge in [0.1, 0.15) is 0 Å². The first-order chi connectivity index (χ1) is 7.97. The summed E-state index contributed by atoms with van der Waals surface area (Å²) in [5.74, 6) is 0.280. The molecule has 0 heterocycles. The zero-order valence-corrected chi connectivity index (χ0v) is 11.0. The van der Waals surface area contributed by atoms with Crippen LogP contribution in [0.1, 0.15) is 40.0 Å². The molecule has 0 unspecified atom stereocenters. The van der Waals surface area contributed by atoms with Crippen LogP contribution in [0.4, 0.5) is 0 Å². The predicted molar refractivity (Wildman–Crippen MR) is 64.5 cm³/mol. The highest BCUT2D eigenvalue weighted by Crippen LogP contribution is 2.51. The average Bonchev–Trinajstić information content (AvgIpc) is 3.10. The van der Waals surface area contributed by atoms with Gasteiger partial charge in [0.25, 0.3) is 0 Å². The number of carbonyl (C=O) groups excluding carboxylic acids is 1. The van der Waals surface area contributed by atoms with Gasteiger partial charge in [0.15, 0.2) is 0 Å². The van der Waals surface area contributed by atoms with Crippen molar-refractivity contribution in [2.75, 3.05) is 13.2 Å². The van der Waals surface area contributed by atoms with Crippen LogP contribution in [0.5, 0.6) is 0 Å². The maximum absolute atomic E-state index is 11.9. The molecule has 0 aromatic heterocycles. The molecule has 1 amide bonds. The number of hydrogen-bond donors (Lipinski definition) is 2. The van der Waals surface area contributed by atoms with E-state index in [0.29, 0.717) is 13.0 Å². The van der Waals surface area contributed by atoms with E-state index >= 15 is 0 Å². The third-order valence-electron chi connectivity index (χ3n) is 4.52. The Morgan fingerprint density at radius 2 is 2.12 bits per heavy atom. The van der Waals surface area contributed by atoms with Crippen LogP contribution in [-0.2, 0) is 9.53 Å². The average molecular weight is 241 g/mol. The van der Waals surface area contributed by atoms with Crippen LogP contribution >= 0.6 is 0 Å². The quantitative estimate of drug-likeness (QED) is 0.757. The van der Waals surface area contributed by atoms with E-state index < -0.39 is 5.54 Å². The monoisotopic (exact) mass is 241 g/mol. The van der Waals surface area contributed by atoms with Crippen molar-refractivity contribution in [3.8, 4) is 0 Å². The lowest BCUT2D eigenvalue weighted by molar-refractivity contribution is -0.181. The third-order valence-corrected chi connectivity index (χ3v) is 4.52. The molecule has 2 aliphatic carbocycles. The molecule has 0 aliphatic heterocycles. The number of ether oxygens (including phenoxy) is 1.